The summed E-state index contributed by atoms with van der Waals surface area (Å²) in [6, 6.07) is 12.9. The van der Waals surface area contributed by atoms with Gasteiger partial charge in [0.25, 0.3) is 5.91 Å². The quantitative estimate of drug-likeness (QED) is 0.733. The fourth-order valence-electron chi connectivity index (χ4n) is 2.43. The molecule has 0 spiro atoms. The number of aromatic nitrogens is 2. The van der Waals surface area contributed by atoms with Crippen molar-refractivity contribution in [3.63, 3.8) is 0 Å². The second-order valence-electron chi connectivity index (χ2n) is 5.35. The van der Waals surface area contributed by atoms with Crippen molar-refractivity contribution in [2.24, 2.45) is 0 Å². The van der Waals surface area contributed by atoms with Gasteiger partial charge in [-0.25, -0.2) is 9.07 Å². The highest BCUT2D eigenvalue weighted by Gasteiger charge is 2.20. The van der Waals surface area contributed by atoms with Crippen LogP contribution < -0.4 is 14.8 Å². The number of hydrogen-bond acceptors (Lipinski definition) is 4. The average molecular weight is 355 g/mol. The number of benzene rings is 2. The molecular weight excluding hydrogens is 337 g/mol. The second-order valence-corrected chi connectivity index (χ2v) is 5.35. The molecule has 3 rings (SSSR count). The van der Waals surface area contributed by atoms with Crippen LogP contribution in [0, 0.1) is 5.82 Å². The van der Waals surface area contributed by atoms with Crippen molar-refractivity contribution in [2.75, 3.05) is 19.0 Å². The number of amides is 1. The number of ether oxygens (including phenoxy) is 2. The van der Waals surface area contributed by atoms with Gasteiger partial charge in [-0.3, -0.25) is 4.79 Å². The Balaban J connectivity index is 1.92. The fourth-order valence-corrected chi connectivity index (χ4v) is 2.43. The van der Waals surface area contributed by atoms with Crippen LogP contribution >= 0.6 is 0 Å². The molecule has 26 heavy (non-hydrogen) atoms. The Morgan fingerprint density at radius 3 is 2.58 bits per heavy atom. The summed E-state index contributed by atoms with van der Waals surface area (Å²) >= 11 is 0. The van der Waals surface area contributed by atoms with Crippen molar-refractivity contribution >= 4 is 11.6 Å². The van der Waals surface area contributed by atoms with Crippen LogP contribution in [0.2, 0.25) is 0 Å². The maximum atomic E-state index is 13.1. The highest BCUT2D eigenvalue weighted by molar-refractivity contribution is 6.05. The summed E-state index contributed by atoms with van der Waals surface area (Å²) in [5.41, 5.74) is 1.27. The number of nitrogens with one attached hydrogen (secondary N) is 1. The first-order valence-corrected chi connectivity index (χ1v) is 8.05. The number of halogens is 1. The Morgan fingerprint density at radius 2 is 1.88 bits per heavy atom. The lowest BCUT2D eigenvalue weighted by molar-refractivity contribution is 0.101. The highest BCUT2D eigenvalue weighted by atomic mass is 19.1. The Hall–Kier alpha value is -3.35. The third-order valence-corrected chi connectivity index (χ3v) is 3.64. The first-order chi connectivity index (χ1) is 12.6. The molecule has 0 aliphatic heterocycles. The molecule has 1 heterocycles. The Morgan fingerprint density at radius 1 is 1.15 bits per heavy atom. The molecule has 0 atom stereocenters. The number of carbonyl (C=O) groups is 1. The van der Waals surface area contributed by atoms with Gasteiger partial charge >= 0.3 is 0 Å². The molecule has 7 heteroatoms. The van der Waals surface area contributed by atoms with Crippen LogP contribution in [-0.2, 0) is 0 Å². The Bertz CT molecular complexity index is 907. The summed E-state index contributed by atoms with van der Waals surface area (Å²) in [4.78, 5) is 12.7. The molecule has 0 saturated heterocycles. The predicted octanol–water partition coefficient (Wildman–Crippen LogP) is 3.67. The van der Waals surface area contributed by atoms with Crippen LogP contribution in [0.3, 0.4) is 0 Å². The first-order valence-electron chi connectivity index (χ1n) is 8.05. The van der Waals surface area contributed by atoms with Gasteiger partial charge in [0.1, 0.15) is 11.6 Å². The predicted molar refractivity (Wildman–Crippen MR) is 95.6 cm³/mol. The lowest BCUT2D eigenvalue weighted by Gasteiger charge is -2.09. The van der Waals surface area contributed by atoms with E-state index in [1.54, 1.807) is 36.5 Å². The van der Waals surface area contributed by atoms with Gasteiger partial charge in [-0.05, 0) is 43.3 Å². The number of hydrogen-bond donors (Lipinski definition) is 1. The van der Waals surface area contributed by atoms with E-state index in [9.17, 15) is 9.18 Å². The summed E-state index contributed by atoms with van der Waals surface area (Å²) in [6.45, 7) is 2.20. The molecule has 2 aromatic carbocycles. The van der Waals surface area contributed by atoms with E-state index in [0.717, 1.165) is 0 Å². The van der Waals surface area contributed by atoms with Crippen molar-refractivity contribution in [3.8, 4) is 17.2 Å². The van der Waals surface area contributed by atoms with Crippen molar-refractivity contribution in [1.29, 1.82) is 0 Å². The highest BCUT2D eigenvalue weighted by Crippen LogP contribution is 2.26. The zero-order valence-electron chi connectivity index (χ0n) is 14.4. The number of carbonyl (C=O) groups excluding carboxylic acids is 1. The molecule has 6 nitrogen and oxygen atoms in total. The molecule has 0 aliphatic rings. The minimum absolute atomic E-state index is 0.127. The molecule has 3 aromatic rings. The molecule has 0 unspecified atom stereocenters. The molecule has 134 valence electrons. The normalized spacial score (nSPS) is 10.4. The standard InChI is InChI=1S/C19H18FN3O3/c1-3-26-17-12-23(14-10-8-13(20)9-11-14)22-18(17)19(24)21-15-6-4-5-7-16(15)25-2/h4-12H,3H2,1-2H3,(H,21,24). The van der Waals surface area contributed by atoms with E-state index in [1.165, 1.54) is 23.9 Å². The van der Waals surface area contributed by atoms with E-state index < -0.39 is 5.91 Å². The third kappa shape index (κ3) is 3.66. The fraction of sp³-hybridized carbons (Fsp3) is 0.158. The molecule has 0 fully saturated rings. The Labute approximate surface area is 150 Å². The lowest BCUT2D eigenvalue weighted by atomic mass is 10.2. The summed E-state index contributed by atoms with van der Waals surface area (Å²) in [5.74, 6) is 0.0971. The van der Waals surface area contributed by atoms with Crippen molar-refractivity contribution < 1.29 is 18.7 Å². The van der Waals surface area contributed by atoms with Gasteiger partial charge in [-0.2, -0.15) is 5.10 Å². The van der Waals surface area contributed by atoms with E-state index in [2.05, 4.69) is 10.4 Å². The number of rotatable bonds is 6. The van der Waals surface area contributed by atoms with E-state index in [0.29, 0.717) is 29.5 Å². The number of methoxy groups -OCH3 is 1. The van der Waals surface area contributed by atoms with Crippen molar-refractivity contribution in [2.45, 2.75) is 6.92 Å². The van der Waals surface area contributed by atoms with Crippen LogP contribution in [-0.4, -0.2) is 29.4 Å². The topological polar surface area (TPSA) is 65.4 Å². The van der Waals surface area contributed by atoms with Crippen LogP contribution in [0.4, 0.5) is 10.1 Å². The lowest BCUT2D eigenvalue weighted by Crippen LogP contribution is -2.15. The summed E-state index contributed by atoms with van der Waals surface area (Å²) in [5, 5.41) is 7.07. The van der Waals surface area contributed by atoms with E-state index >= 15 is 0 Å². The summed E-state index contributed by atoms with van der Waals surface area (Å²) in [6.07, 6.45) is 1.59. The van der Waals surface area contributed by atoms with Crippen LogP contribution in [0.5, 0.6) is 11.5 Å². The number of anilines is 1. The van der Waals surface area contributed by atoms with E-state index in [-0.39, 0.29) is 11.5 Å². The first kappa shape index (κ1) is 17.5. The molecule has 0 aliphatic carbocycles. The van der Waals surface area contributed by atoms with Gasteiger partial charge in [0.2, 0.25) is 0 Å². The van der Waals surface area contributed by atoms with Crippen LogP contribution in [0.25, 0.3) is 5.69 Å². The van der Waals surface area contributed by atoms with Gasteiger partial charge in [-0.15, -0.1) is 0 Å². The molecule has 0 radical (unpaired) electrons. The third-order valence-electron chi connectivity index (χ3n) is 3.64. The molecule has 1 N–H and O–H groups in total. The zero-order chi connectivity index (χ0) is 18.5. The van der Waals surface area contributed by atoms with Crippen LogP contribution in [0.15, 0.2) is 54.7 Å². The molecular formula is C19H18FN3O3. The average Bonchev–Trinajstić information content (AvgIpc) is 3.07. The van der Waals surface area contributed by atoms with Crippen LogP contribution in [0.1, 0.15) is 17.4 Å². The molecule has 1 aromatic heterocycles. The minimum Gasteiger partial charge on any atom is -0.495 e. The molecule has 0 saturated carbocycles. The van der Waals surface area contributed by atoms with Gasteiger partial charge < -0.3 is 14.8 Å². The Kier molecular flexibility index (Phi) is 5.17. The number of para-hydroxylation sites is 2. The monoisotopic (exact) mass is 355 g/mol. The molecule has 0 bridgehead atoms. The van der Waals surface area contributed by atoms with Gasteiger partial charge in [0, 0.05) is 0 Å². The smallest absolute Gasteiger partial charge is 0.280 e. The second kappa shape index (κ2) is 7.69. The molecule has 1 amide bonds. The van der Waals surface area contributed by atoms with E-state index in [4.69, 9.17) is 9.47 Å². The number of nitrogens with zero attached hydrogens (tertiary/aromatic N) is 2. The minimum atomic E-state index is -0.432. The van der Waals surface area contributed by atoms with Crippen molar-refractivity contribution in [3.05, 3.63) is 66.2 Å². The van der Waals surface area contributed by atoms with E-state index in [1.807, 2.05) is 13.0 Å². The van der Waals surface area contributed by atoms with Gasteiger partial charge in [-0.1, -0.05) is 12.1 Å². The largest absolute Gasteiger partial charge is 0.495 e. The van der Waals surface area contributed by atoms with Gasteiger partial charge in [0.05, 0.1) is 31.3 Å². The summed E-state index contributed by atoms with van der Waals surface area (Å²) in [7, 11) is 1.53. The zero-order valence-corrected chi connectivity index (χ0v) is 14.4. The van der Waals surface area contributed by atoms with Crippen molar-refractivity contribution in [1.82, 2.24) is 9.78 Å². The maximum absolute atomic E-state index is 13.1. The summed E-state index contributed by atoms with van der Waals surface area (Å²) < 4.78 is 25.4. The SMILES string of the molecule is CCOc1cn(-c2ccc(F)cc2)nc1C(=O)Nc1ccccc1OC. The maximum Gasteiger partial charge on any atom is 0.280 e. The van der Waals surface area contributed by atoms with Gasteiger partial charge in [0.15, 0.2) is 11.4 Å².